The number of hydrogen-bond acceptors (Lipinski definition) is 5. The molecule has 0 fully saturated rings. The fourth-order valence-corrected chi connectivity index (χ4v) is 3.63. The van der Waals surface area contributed by atoms with Crippen LogP contribution in [0.2, 0.25) is 0 Å². The monoisotopic (exact) mass is 446 g/mol. The molecule has 0 spiro atoms. The first kappa shape index (κ1) is 23.9. The lowest BCUT2D eigenvalue weighted by molar-refractivity contribution is -0.117. The Morgan fingerprint density at radius 1 is 0.909 bits per heavy atom. The Kier molecular flexibility index (Phi) is 8.12. The molecule has 172 valence electrons. The minimum absolute atomic E-state index is 0.00908. The van der Waals surface area contributed by atoms with Crippen molar-refractivity contribution in [2.75, 3.05) is 11.9 Å². The topological polar surface area (TPSA) is 163 Å². The Balaban J connectivity index is 1.77. The first-order valence-electron chi connectivity index (χ1n) is 10.8. The van der Waals surface area contributed by atoms with Crippen LogP contribution in [0.4, 0.5) is 5.69 Å². The summed E-state index contributed by atoms with van der Waals surface area (Å²) in [6.07, 6.45) is 1.42. The molecule has 9 N–H and O–H groups in total. The van der Waals surface area contributed by atoms with Crippen molar-refractivity contribution in [2.45, 2.75) is 31.3 Å². The van der Waals surface area contributed by atoms with Gasteiger partial charge in [-0.15, -0.1) is 0 Å². The molecule has 8 nitrogen and oxygen atoms in total. The number of carbonyl (C=O) groups excluding carboxylic acids is 2. The SMILES string of the molecule is NC(N)=NCCC[C@H](N)C(=O)c1cc(NC(=O)[C@@H](N)Cc2ccccc2)cc2ccccc12. The lowest BCUT2D eigenvalue weighted by Crippen LogP contribution is -2.37. The third-order valence-electron chi connectivity index (χ3n) is 5.33. The molecule has 3 rings (SSSR count). The van der Waals surface area contributed by atoms with Crippen LogP contribution in [0.5, 0.6) is 0 Å². The van der Waals surface area contributed by atoms with Crippen LogP contribution in [-0.2, 0) is 11.2 Å². The average Bonchev–Trinajstić information content (AvgIpc) is 2.81. The van der Waals surface area contributed by atoms with E-state index in [1.165, 1.54) is 0 Å². The van der Waals surface area contributed by atoms with E-state index in [0.717, 1.165) is 16.3 Å². The molecule has 1 amide bonds. The zero-order valence-corrected chi connectivity index (χ0v) is 18.4. The van der Waals surface area contributed by atoms with Gasteiger partial charge in [-0.25, -0.2) is 0 Å². The van der Waals surface area contributed by atoms with Gasteiger partial charge in [0.15, 0.2) is 11.7 Å². The van der Waals surface area contributed by atoms with E-state index in [1.54, 1.807) is 6.07 Å². The highest BCUT2D eigenvalue weighted by atomic mass is 16.2. The number of nitrogens with zero attached hydrogens (tertiary/aromatic N) is 1. The van der Waals surface area contributed by atoms with Gasteiger partial charge in [0.05, 0.1) is 12.1 Å². The Bertz CT molecular complexity index is 1140. The molecule has 0 aliphatic rings. The maximum absolute atomic E-state index is 13.2. The van der Waals surface area contributed by atoms with E-state index in [0.29, 0.717) is 37.1 Å². The van der Waals surface area contributed by atoms with E-state index in [1.807, 2.05) is 60.7 Å². The summed E-state index contributed by atoms with van der Waals surface area (Å²) < 4.78 is 0. The number of hydrogen-bond donors (Lipinski definition) is 5. The van der Waals surface area contributed by atoms with Crippen LogP contribution in [0.15, 0.2) is 71.7 Å². The summed E-state index contributed by atoms with van der Waals surface area (Å²) in [4.78, 5) is 29.8. The first-order valence-corrected chi connectivity index (χ1v) is 10.8. The number of benzene rings is 3. The smallest absolute Gasteiger partial charge is 0.241 e. The van der Waals surface area contributed by atoms with E-state index in [2.05, 4.69) is 10.3 Å². The van der Waals surface area contributed by atoms with Gasteiger partial charge < -0.3 is 28.3 Å². The highest BCUT2D eigenvalue weighted by Crippen LogP contribution is 2.26. The highest BCUT2D eigenvalue weighted by Gasteiger charge is 2.20. The lowest BCUT2D eigenvalue weighted by Gasteiger charge is -2.16. The van der Waals surface area contributed by atoms with E-state index >= 15 is 0 Å². The molecule has 0 bridgehead atoms. The first-order chi connectivity index (χ1) is 15.8. The summed E-state index contributed by atoms with van der Waals surface area (Å²) in [5.74, 6) is -0.524. The van der Waals surface area contributed by atoms with Crippen molar-refractivity contribution in [2.24, 2.45) is 27.9 Å². The molecule has 0 saturated carbocycles. The van der Waals surface area contributed by atoms with Crippen LogP contribution in [0.3, 0.4) is 0 Å². The molecule has 8 heteroatoms. The van der Waals surface area contributed by atoms with Crippen molar-refractivity contribution in [3.63, 3.8) is 0 Å². The minimum atomic E-state index is -0.726. The number of fused-ring (bicyclic) bond motifs is 1. The van der Waals surface area contributed by atoms with E-state index in [9.17, 15) is 9.59 Å². The van der Waals surface area contributed by atoms with E-state index in [4.69, 9.17) is 22.9 Å². The van der Waals surface area contributed by atoms with Crippen LogP contribution in [0.1, 0.15) is 28.8 Å². The van der Waals surface area contributed by atoms with Gasteiger partial charge in [0.1, 0.15) is 0 Å². The zero-order valence-electron chi connectivity index (χ0n) is 18.4. The number of carbonyl (C=O) groups is 2. The largest absolute Gasteiger partial charge is 0.370 e. The molecule has 0 unspecified atom stereocenters. The van der Waals surface area contributed by atoms with Crippen LogP contribution in [0, 0.1) is 0 Å². The Hall–Kier alpha value is -3.75. The third kappa shape index (κ3) is 6.61. The number of nitrogens with one attached hydrogen (secondary N) is 1. The molecule has 3 aromatic carbocycles. The van der Waals surface area contributed by atoms with Gasteiger partial charge in [0.25, 0.3) is 0 Å². The Morgan fingerprint density at radius 2 is 1.61 bits per heavy atom. The molecule has 0 saturated heterocycles. The van der Waals surface area contributed by atoms with Crippen molar-refractivity contribution in [1.82, 2.24) is 0 Å². The van der Waals surface area contributed by atoms with Gasteiger partial charge in [0, 0.05) is 17.8 Å². The Labute approximate surface area is 193 Å². The average molecular weight is 447 g/mol. The van der Waals surface area contributed by atoms with Crippen molar-refractivity contribution < 1.29 is 9.59 Å². The summed E-state index contributed by atoms with van der Waals surface area (Å²) >= 11 is 0. The maximum Gasteiger partial charge on any atom is 0.241 e. The van der Waals surface area contributed by atoms with Gasteiger partial charge >= 0.3 is 0 Å². The van der Waals surface area contributed by atoms with Crippen LogP contribution >= 0.6 is 0 Å². The second-order valence-corrected chi connectivity index (χ2v) is 7.95. The van der Waals surface area contributed by atoms with Gasteiger partial charge in [-0.1, -0.05) is 54.6 Å². The Morgan fingerprint density at radius 3 is 2.33 bits per heavy atom. The van der Waals surface area contributed by atoms with Gasteiger partial charge in [0.2, 0.25) is 5.91 Å². The normalized spacial score (nSPS) is 12.7. The lowest BCUT2D eigenvalue weighted by atomic mass is 9.95. The third-order valence-corrected chi connectivity index (χ3v) is 5.33. The summed E-state index contributed by atoms with van der Waals surface area (Å²) in [6.45, 7) is 0.402. The predicted molar refractivity (Wildman–Crippen MR) is 133 cm³/mol. The maximum atomic E-state index is 13.2. The van der Waals surface area contributed by atoms with E-state index < -0.39 is 12.1 Å². The van der Waals surface area contributed by atoms with E-state index in [-0.39, 0.29) is 17.6 Å². The number of rotatable bonds is 10. The molecule has 0 aliphatic carbocycles. The van der Waals surface area contributed by atoms with Crippen LogP contribution in [-0.4, -0.2) is 36.3 Å². The van der Waals surface area contributed by atoms with Gasteiger partial charge in [-0.3, -0.25) is 14.6 Å². The second kappa shape index (κ2) is 11.2. The number of amides is 1. The summed E-state index contributed by atoms with van der Waals surface area (Å²) in [7, 11) is 0. The summed E-state index contributed by atoms with van der Waals surface area (Å²) in [5, 5.41) is 4.44. The number of nitrogens with two attached hydrogens (primary N) is 4. The second-order valence-electron chi connectivity index (χ2n) is 7.95. The predicted octanol–water partition coefficient (Wildman–Crippen LogP) is 1.91. The number of guanidine groups is 1. The van der Waals surface area contributed by atoms with Crippen molar-refractivity contribution in [1.29, 1.82) is 0 Å². The summed E-state index contributed by atoms with van der Waals surface area (Å²) in [5.41, 5.74) is 24.9. The van der Waals surface area contributed by atoms with Gasteiger partial charge in [-0.2, -0.15) is 0 Å². The summed E-state index contributed by atoms with van der Waals surface area (Å²) in [6, 6.07) is 19.1. The molecule has 33 heavy (non-hydrogen) atoms. The number of anilines is 1. The molecule has 2 atom stereocenters. The molecule has 3 aromatic rings. The fourth-order valence-electron chi connectivity index (χ4n) is 3.63. The molecular weight excluding hydrogens is 416 g/mol. The highest BCUT2D eigenvalue weighted by molar-refractivity contribution is 6.12. The minimum Gasteiger partial charge on any atom is -0.370 e. The van der Waals surface area contributed by atoms with Crippen LogP contribution < -0.4 is 28.3 Å². The van der Waals surface area contributed by atoms with Crippen molar-refractivity contribution >= 4 is 34.1 Å². The molecule has 0 heterocycles. The van der Waals surface area contributed by atoms with Crippen molar-refractivity contribution in [3.05, 3.63) is 77.9 Å². The molecule has 0 radical (unpaired) electrons. The van der Waals surface area contributed by atoms with Crippen molar-refractivity contribution in [3.8, 4) is 0 Å². The quantitative estimate of drug-likeness (QED) is 0.138. The molecule has 0 aliphatic heterocycles. The molecular formula is C25H30N6O2. The van der Waals surface area contributed by atoms with Crippen LogP contribution in [0.25, 0.3) is 10.8 Å². The number of Topliss-reactive ketones (excluding diaryl/α,β-unsaturated/α-hetero) is 1. The zero-order chi connectivity index (χ0) is 23.8. The standard InChI is InChI=1S/C25H30N6O2/c26-21(11-6-12-30-25(28)29)23(32)20-15-18(14-17-9-4-5-10-19(17)20)31-24(33)22(27)13-16-7-2-1-3-8-16/h1-5,7-10,14-15,21-22H,6,11-13,26-27H2,(H,31,33)(H4,28,29,30)/t21-,22-/m0/s1. The number of aliphatic imine (C=N–C) groups is 1. The fraction of sp³-hybridized carbons (Fsp3) is 0.240. The molecule has 0 aromatic heterocycles. The number of ketones is 1. The van der Waals surface area contributed by atoms with Gasteiger partial charge in [-0.05, 0) is 47.7 Å².